The van der Waals surface area contributed by atoms with Crippen molar-refractivity contribution < 1.29 is 32.2 Å². The Bertz CT molecular complexity index is 2680. The number of nitrogens with two attached hydrogens (primary N) is 1. The van der Waals surface area contributed by atoms with Crippen LogP contribution in [0.4, 0.5) is 29.8 Å². The summed E-state index contributed by atoms with van der Waals surface area (Å²) in [4.78, 5) is 31.0. The average molecular weight is 828 g/mol. The zero-order chi connectivity index (χ0) is 40.0. The van der Waals surface area contributed by atoms with E-state index >= 15 is 8.78 Å². The van der Waals surface area contributed by atoms with Gasteiger partial charge in [-0.3, -0.25) is 4.90 Å². The third-order valence-electron chi connectivity index (χ3n) is 12.1. The van der Waals surface area contributed by atoms with Gasteiger partial charge in [0.1, 0.15) is 42.4 Å². The number of alkyl halides is 1. The van der Waals surface area contributed by atoms with E-state index in [-0.39, 0.29) is 57.7 Å². The number of aromatic nitrogens is 3. The number of hydrogen-bond donors (Lipinski definition) is 2. The molecule has 0 bridgehead atoms. The van der Waals surface area contributed by atoms with Crippen molar-refractivity contribution >= 4 is 66.5 Å². The smallest absolute Gasteiger partial charge is 0.340 e. The second-order valence-electron chi connectivity index (χ2n) is 15.3. The third kappa shape index (κ3) is 5.72. The van der Waals surface area contributed by atoms with Crippen molar-refractivity contribution in [2.24, 2.45) is 0 Å². The molecule has 3 N–H and O–H groups in total. The Morgan fingerprint density at radius 2 is 1.97 bits per heavy atom. The van der Waals surface area contributed by atoms with Crippen LogP contribution in [0, 0.1) is 18.6 Å². The molecule has 7 heterocycles. The number of ether oxygens (including phenoxy) is 3. The molecule has 3 aromatic carbocycles. The summed E-state index contributed by atoms with van der Waals surface area (Å²) in [6.45, 7) is 5.32. The maximum Gasteiger partial charge on any atom is 0.340 e. The van der Waals surface area contributed by atoms with Crippen LogP contribution in [0.1, 0.15) is 65.5 Å². The number of thiophene rings is 1. The molecule has 0 spiro atoms. The quantitative estimate of drug-likeness (QED) is 0.143. The van der Waals surface area contributed by atoms with Crippen molar-refractivity contribution in [2.75, 3.05) is 48.8 Å². The summed E-state index contributed by atoms with van der Waals surface area (Å²) in [5.74, 6) is -0.767. The fourth-order valence-corrected chi connectivity index (χ4v) is 10.6. The molecule has 4 aliphatic heterocycles. The van der Waals surface area contributed by atoms with Gasteiger partial charge in [-0.15, -0.1) is 11.3 Å². The first kappa shape index (κ1) is 36.9. The van der Waals surface area contributed by atoms with E-state index < -0.39 is 41.6 Å². The van der Waals surface area contributed by atoms with Crippen molar-refractivity contribution in [1.29, 1.82) is 0 Å². The highest BCUT2D eigenvalue weighted by molar-refractivity contribution is 7.23. The Morgan fingerprint density at radius 1 is 1.12 bits per heavy atom. The normalized spacial score (nSPS) is 21.8. The largest absolute Gasteiger partial charge is 0.489 e. The van der Waals surface area contributed by atoms with Gasteiger partial charge in [0.25, 0.3) is 0 Å². The van der Waals surface area contributed by atoms with E-state index in [1.54, 1.807) is 31.3 Å². The van der Waals surface area contributed by atoms with E-state index in [2.05, 4.69) is 20.2 Å². The first-order valence-electron chi connectivity index (χ1n) is 19.2. The molecule has 10 rings (SSSR count). The molecule has 3 aromatic heterocycles. The van der Waals surface area contributed by atoms with Gasteiger partial charge in [0.15, 0.2) is 11.6 Å². The van der Waals surface area contributed by atoms with Crippen LogP contribution in [0.3, 0.4) is 0 Å². The number of cyclic esters (lactones) is 1. The minimum absolute atomic E-state index is 0.0195. The number of fused-ring (bicyclic) bond motifs is 3. The minimum Gasteiger partial charge on any atom is -0.489 e. The van der Waals surface area contributed by atoms with Crippen molar-refractivity contribution in [3.8, 4) is 22.9 Å². The van der Waals surface area contributed by atoms with Crippen LogP contribution in [0.25, 0.3) is 32.1 Å². The number of hydrogen-bond acceptors (Lipinski definition) is 12. The molecule has 0 aliphatic carbocycles. The Kier molecular flexibility index (Phi) is 8.84. The summed E-state index contributed by atoms with van der Waals surface area (Å²) in [5.41, 5.74) is 8.44. The molecule has 0 amide bonds. The predicted molar refractivity (Wildman–Crippen MR) is 217 cm³/mol. The molecule has 4 atom stereocenters. The summed E-state index contributed by atoms with van der Waals surface area (Å²) >= 11 is 8.27. The topological polar surface area (TPSA) is 128 Å². The number of aryl methyl sites for hydroxylation is 1. The molecule has 298 valence electrons. The second kappa shape index (κ2) is 13.9. The molecule has 1 unspecified atom stereocenters. The van der Waals surface area contributed by atoms with Gasteiger partial charge in [0, 0.05) is 41.2 Å². The molecule has 2 fully saturated rings. The Morgan fingerprint density at radius 3 is 2.83 bits per heavy atom. The van der Waals surface area contributed by atoms with Crippen molar-refractivity contribution in [3.63, 3.8) is 0 Å². The molecular formula is C42H37ClF3N7O4S. The highest BCUT2D eigenvalue weighted by Gasteiger charge is 2.49. The summed E-state index contributed by atoms with van der Waals surface area (Å²) in [5, 5.41) is 4.36. The lowest BCUT2D eigenvalue weighted by atomic mass is 9.95. The van der Waals surface area contributed by atoms with Crippen LogP contribution < -0.4 is 25.4 Å². The monoisotopic (exact) mass is 827 g/mol. The number of nitrogens with one attached hydrogen (secondary N) is 1. The van der Waals surface area contributed by atoms with Crippen LogP contribution in [0.2, 0.25) is 5.02 Å². The maximum absolute atomic E-state index is 17.6. The van der Waals surface area contributed by atoms with Crippen molar-refractivity contribution in [3.05, 3.63) is 93.6 Å². The van der Waals surface area contributed by atoms with Gasteiger partial charge in [0.05, 0.1) is 43.8 Å². The number of halogens is 4. The van der Waals surface area contributed by atoms with Crippen LogP contribution >= 0.6 is 22.9 Å². The van der Waals surface area contributed by atoms with Crippen molar-refractivity contribution in [2.45, 2.75) is 57.1 Å². The lowest BCUT2D eigenvalue weighted by Crippen LogP contribution is -2.43. The summed E-state index contributed by atoms with van der Waals surface area (Å²) in [6.07, 6.45) is 1.88. The average Bonchev–Trinajstić information content (AvgIpc) is 3.90. The SMILES string of the molecule is Cc1c(N)sc2c(F)ccc(-c3c(Cl)c4c5c(nc(OC[C@@]67CCCN6C[C@H](F)C7)nc5c3F)N([C@H](C)c3cccnc3NC3OC(=O)c5ccccc53)CCO4)c12. The zero-order valence-corrected chi connectivity index (χ0v) is 33.0. The van der Waals surface area contributed by atoms with Gasteiger partial charge in [-0.05, 0) is 62.6 Å². The number of nitrogen functional groups attached to an aromatic ring is 1. The van der Waals surface area contributed by atoms with Gasteiger partial charge in [-0.25, -0.2) is 22.9 Å². The molecule has 2 saturated heterocycles. The van der Waals surface area contributed by atoms with Gasteiger partial charge in [-0.2, -0.15) is 9.97 Å². The van der Waals surface area contributed by atoms with Crippen LogP contribution in [0.5, 0.6) is 11.8 Å². The van der Waals surface area contributed by atoms with Crippen molar-refractivity contribution in [1.82, 2.24) is 19.9 Å². The number of benzene rings is 3. The summed E-state index contributed by atoms with van der Waals surface area (Å²) < 4.78 is 66.3. The number of anilines is 3. The van der Waals surface area contributed by atoms with E-state index in [1.165, 1.54) is 12.1 Å². The van der Waals surface area contributed by atoms with Crippen LogP contribution in [-0.4, -0.2) is 70.4 Å². The number of esters is 1. The van der Waals surface area contributed by atoms with Gasteiger partial charge in [-0.1, -0.05) is 41.9 Å². The Labute approximate surface area is 339 Å². The molecule has 4 aliphatic rings. The first-order valence-corrected chi connectivity index (χ1v) is 20.4. The number of pyridine rings is 1. The highest BCUT2D eigenvalue weighted by Crippen LogP contribution is 2.52. The Hall–Kier alpha value is -5.38. The number of carbonyl (C=O) groups excluding carboxylic acids is 1. The van der Waals surface area contributed by atoms with E-state index in [1.807, 2.05) is 30.0 Å². The molecule has 0 radical (unpaired) electrons. The molecule has 58 heavy (non-hydrogen) atoms. The third-order valence-corrected chi connectivity index (χ3v) is 13.6. The number of rotatable bonds is 8. The zero-order valence-electron chi connectivity index (χ0n) is 31.5. The molecular weight excluding hydrogens is 791 g/mol. The molecule has 0 saturated carbocycles. The fraction of sp³-hybridized carbons (Fsp3) is 0.333. The van der Waals surface area contributed by atoms with E-state index in [9.17, 15) is 9.18 Å². The first-order chi connectivity index (χ1) is 28.0. The van der Waals surface area contributed by atoms with E-state index in [0.29, 0.717) is 57.2 Å². The van der Waals surface area contributed by atoms with Gasteiger partial charge < -0.3 is 30.2 Å². The summed E-state index contributed by atoms with van der Waals surface area (Å²) in [7, 11) is 0. The van der Waals surface area contributed by atoms with E-state index in [4.69, 9.17) is 36.5 Å². The fourth-order valence-electron chi connectivity index (χ4n) is 9.22. The molecule has 16 heteroatoms. The predicted octanol–water partition coefficient (Wildman–Crippen LogP) is 8.93. The molecule has 6 aromatic rings. The Balaban J connectivity index is 1.12. The number of carbonyl (C=O) groups is 1. The summed E-state index contributed by atoms with van der Waals surface area (Å²) in [6, 6.07) is 13.0. The standard InChI is InChI=1S/C42H37ClF3N7O4S/c1-20-28-26(10-11-27(45)35(28)58-36(20)47)29-31(43)34-30-33(32(29)46)49-41(56-19-42-12-6-14-52(42)18-22(44)17-42)51-38(30)53(15-16-55-34)21(2)23-9-5-13-48-37(23)50-39-24-7-3-4-8-25(24)40(54)57-39/h3-5,7-11,13,21-22,39H,6,12,14-19,47H2,1-2H3,(H,48,50)/t21-,22-,39?,42+/m1/s1. The minimum atomic E-state index is -0.977. The number of nitrogens with zero attached hydrogens (tertiary/aromatic N) is 5. The van der Waals surface area contributed by atoms with Gasteiger partial charge >= 0.3 is 12.0 Å². The highest BCUT2D eigenvalue weighted by atomic mass is 35.5. The maximum atomic E-state index is 17.6. The van der Waals surface area contributed by atoms with Crippen LogP contribution in [-0.2, 0) is 4.74 Å². The van der Waals surface area contributed by atoms with Gasteiger partial charge in [0.2, 0.25) is 6.23 Å². The second-order valence-corrected chi connectivity index (χ2v) is 16.7. The van der Waals surface area contributed by atoms with E-state index in [0.717, 1.165) is 36.3 Å². The van der Waals surface area contributed by atoms with Crippen LogP contribution in [0.15, 0.2) is 54.7 Å². The lowest BCUT2D eigenvalue weighted by molar-refractivity contribution is 0.0436. The lowest BCUT2D eigenvalue weighted by Gasteiger charge is -2.32. The molecule has 11 nitrogen and oxygen atoms in total.